The predicted molar refractivity (Wildman–Crippen MR) is 63.8 cm³/mol. The van der Waals surface area contributed by atoms with E-state index in [1.54, 1.807) is 6.20 Å². The second-order valence-electron chi connectivity index (χ2n) is 3.56. The van der Waals surface area contributed by atoms with Crippen LogP contribution in [0.2, 0.25) is 0 Å². The Kier molecular flexibility index (Phi) is 3.71. The van der Waals surface area contributed by atoms with Gasteiger partial charge in [0.1, 0.15) is 11.7 Å². The van der Waals surface area contributed by atoms with Crippen molar-refractivity contribution in [2.75, 3.05) is 31.6 Å². The van der Waals surface area contributed by atoms with Crippen LogP contribution in [0.15, 0.2) is 23.3 Å². The molecular weight excluding hydrogens is 204 g/mol. The molecule has 3 N–H and O–H groups in total. The normalized spacial score (nSPS) is 14.4. The molecule has 2 heterocycles. The highest BCUT2D eigenvalue weighted by atomic mass is 16.3. The van der Waals surface area contributed by atoms with E-state index >= 15 is 0 Å². The van der Waals surface area contributed by atoms with Gasteiger partial charge < -0.3 is 15.7 Å². The first-order valence-corrected chi connectivity index (χ1v) is 5.50. The SMILES string of the molecule is OCCCNc1ncccc1C1=NCCN1. The van der Waals surface area contributed by atoms with Crippen molar-refractivity contribution in [3.63, 3.8) is 0 Å². The van der Waals surface area contributed by atoms with Crippen LogP contribution in [-0.4, -0.2) is 42.2 Å². The van der Waals surface area contributed by atoms with Crippen molar-refractivity contribution in [2.45, 2.75) is 6.42 Å². The number of aliphatic hydroxyl groups is 1. The van der Waals surface area contributed by atoms with E-state index in [0.29, 0.717) is 6.54 Å². The Labute approximate surface area is 94.6 Å². The van der Waals surface area contributed by atoms with Crippen molar-refractivity contribution in [1.29, 1.82) is 0 Å². The molecule has 5 nitrogen and oxygen atoms in total. The molecule has 0 atom stereocenters. The van der Waals surface area contributed by atoms with Gasteiger partial charge in [0, 0.05) is 25.9 Å². The van der Waals surface area contributed by atoms with Crippen molar-refractivity contribution >= 4 is 11.7 Å². The summed E-state index contributed by atoms with van der Waals surface area (Å²) in [6.45, 7) is 2.61. The van der Waals surface area contributed by atoms with Gasteiger partial charge in [-0.1, -0.05) is 0 Å². The molecule has 1 aromatic rings. The lowest BCUT2D eigenvalue weighted by Crippen LogP contribution is -2.21. The third-order valence-corrected chi connectivity index (χ3v) is 2.36. The topological polar surface area (TPSA) is 69.5 Å². The van der Waals surface area contributed by atoms with Crippen molar-refractivity contribution < 1.29 is 5.11 Å². The van der Waals surface area contributed by atoms with E-state index in [1.807, 2.05) is 12.1 Å². The number of anilines is 1. The lowest BCUT2D eigenvalue weighted by Gasteiger charge is -2.10. The summed E-state index contributed by atoms with van der Waals surface area (Å²) in [5.41, 5.74) is 0.998. The summed E-state index contributed by atoms with van der Waals surface area (Å²) in [6.07, 6.45) is 2.47. The number of aromatic nitrogens is 1. The molecule has 86 valence electrons. The molecule has 1 aliphatic rings. The fourth-order valence-electron chi connectivity index (χ4n) is 1.60. The Morgan fingerprint density at radius 3 is 3.19 bits per heavy atom. The van der Waals surface area contributed by atoms with Crippen LogP contribution in [0.5, 0.6) is 0 Å². The Balaban J connectivity index is 2.10. The zero-order valence-corrected chi connectivity index (χ0v) is 9.11. The minimum Gasteiger partial charge on any atom is -0.396 e. The summed E-state index contributed by atoms with van der Waals surface area (Å²) in [4.78, 5) is 8.65. The molecule has 1 aromatic heterocycles. The standard InChI is InChI=1S/C11H16N4O/c16-8-2-5-13-10-9(3-1-4-12-10)11-14-6-7-15-11/h1,3-4,16H,2,5-8H2,(H,12,13)(H,14,15). The summed E-state index contributed by atoms with van der Waals surface area (Å²) < 4.78 is 0. The van der Waals surface area contributed by atoms with Crippen molar-refractivity contribution in [1.82, 2.24) is 10.3 Å². The smallest absolute Gasteiger partial charge is 0.136 e. The van der Waals surface area contributed by atoms with Gasteiger partial charge in [-0.15, -0.1) is 0 Å². The summed E-state index contributed by atoms with van der Waals surface area (Å²) in [6, 6.07) is 3.89. The average Bonchev–Trinajstić information content (AvgIpc) is 2.83. The number of rotatable bonds is 5. The highest BCUT2D eigenvalue weighted by Crippen LogP contribution is 2.13. The van der Waals surface area contributed by atoms with E-state index in [9.17, 15) is 0 Å². The number of nitrogens with one attached hydrogen (secondary N) is 2. The van der Waals surface area contributed by atoms with Gasteiger partial charge in [0.25, 0.3) is 0 Å². The van der Waals surface area contributed by atoms with Gasteiger partial charge in [-0.2, -0.15) is 0 Å². The monoisotopic (exact) mass is 220 g/mol. The predicted octanol–water partition coefficient (Wildman–Crippen LogP) is 0.226. The Morgan fingerprint density at radius 1 is 1.50 bits per heavy atom. The Hall–Kier alpha value is -1.62. The molecule has 2 rings (SSSR count). The van der Waals surface area contributed by atoms with Gasteiger partial charge in [0.2, 0.25) is 0 Å². The van der Waals surface area contributed by atoms with E-state index in [2.05, 4.69) is 20.6 Å². The average molecular weight is 220 g/mol. The molecule has 0 radical (unpaired) electrons. The molecule has 0 aliphatic carbocycles. The molecule has 0 saturated carbocycles. The number of hydrogen-bond acceptors (Lipinski definition) is 5. The number of hydrogen-bond donors (Lipinski definition) is 3. The molecule has 0 bridgehead atoms. The lowest BCUT2D eigenvalue weighted by atomic mass is 10.2. The summed E-state index contributed by atoms with van der Waals surface area (Å²) in [5.74, 6) is 1.73. The first-order valence-electron chi connectivity index (χ1n) is 5.50. The highest BCUT2D eigenvalue weighted by molar-refractivity contribution is 6.03. The second kappa shape index (κ2) is 5.46. The van der Waals surface area contributed by atoms with E-state index in [0.717, 1.165) is 36.7 Å². The highest BCUT2D eigenvalue weighted by Gasteiger charge is 2.12. The number of pyridine rings is 1. The fourth-order valence-corrected chi connectivity index (χ4v) is 1.60. The third-order valence-electron chi connectivity index (χ3n) is 2.36. The summed E-state index contributed by atoms with van der Waals surface area (Å²) in [7, 11) is 0. The van der Waals surface area contributed by atoms with Crippen LogP contribution in [0.3, 0.4) is 0 Å². The van der Waals surface area contributed by atoms with Gasteiger partial charge in [-0.3, -0.25) is 4.99 Å². The third kappa shape index (κ3) is 2.49. The van der Waals surface area contributed by atoms with E-state index < -0.39 is 0 Å². The maximum atomic E-state index is 8.73. The van der Waals surface area contributed by atoms with E-state index in [4.69, 9.17) is 5.11 Å². The van der Waals surface area contributed by atoms with Crippen LogP contribution < -0.4 is 10.6 Å². The van der Waals surface area contributed by atoms with E-state index in [1.165, 1.54) is 0 Å². The zero-order valence-electron chi connectivity index (χ0n) is 9.11. The van der Waals surface area contributed by atoms with Crippen molar-refractivity contribution in [3.05, 3.63) is 23.9 Å². The van der Waals surface area contributed by atoms with Crippen molar-refractivity contribution in [3.8, 4) is 0 Å². The van der Waals surface area contributed by atoms with Gasteiger partial charge in [0.15, 0.2) is 0 Å². The maximum absolute atomic E-state index is 8.73. The van der Waals surface area contributed by atoms with Gasteiger partial charge in [-0.25, -0.2) is 4.98 Å². The van der Waals surface area contributed by atoms with Gasteiger partial charge in [-0.05, 0) is 18.6 Å². The summed E-state index contributed by atoms with van der Waals surface area (Å²) >= 11 is 0. The van der Waals surface area contributed by atoms with Crippen LogP contribution in [0, 0.1) is 0 Å². The van der Waals surface area contributed by atoms with E-state index in [-0.39, 0.29) is 6.61 Å². The molecule has 0 amide bonds. The van der Waals surface area contributed by atoms with Crippen LogP contribution in [0.25, 0.3) is 0 Å². The molecule has 0 fully saturated rings. The number of aliphatic imine (C=N–C) groups is 1. The minimum atomic E-state index is 0.189. The van der Waals surface area contributed by atoms with Crippen LogP contribution in [-0.2, 0) is 0 Å². The molecule has 0 spiro atoms. The summed E-state index contributed by atoms with van der Waals surface area (Å²) in [5, 5.41) is 15.2. The van der Waals surface area contributed by atoms with Gasteiger partial charge >= 0.3 is 0 Å². The van der Waals surface area contributed by atoms with Crippen LogP contribution in [0.1, 0.15) is 12.0 Å². The quantitative estimate of drug-likeness (QED) is 0.621. The lowest BCUT2D eigenvalue weighted by molar-refractivity contribution is 0.292. The molecule has 0 aromatic carbocycles. The van der Waals surface area contributed by atoms with Crippen LogP contribution >= 0.6 is 0 Å². The number of aliphatic hydroxyl groups excluding tert-OH is 1. The first kappa shape index (κ1) is 10.9. The van der Waals surface area contributed by atoms with Crippen LogP contribution in [0.4, 0.5) is 5.82 Å². The molecule has 0 unspecified atom stereocenters. The number of nitrogens with zero attached hydrogens (tertiary/aromatic N) is 2. The van der Waals surface area contributed by atoms with Gasteiger partial charge in [0.05, 0.1) is 12.1 Å². The molecule has 0 saturated heterocycles. The zero-order chi connectivity index (χ0) is 11.2. The number of amidine groups is 1. The Morgan fingerprint density at radius 2 is 2.44 bits per heavy atom. The minimum absolute atomic E-state index is 0.189. The molecule has 1 aliphatic heterocycles. The Bertz CT molecular complexity index is 378. The fraction of sp³-hybridized carbons (Fsp3) is 0.455. The molecule has 16 heavy (non-hydrogen) atoms. The second-order valence-corrected chi connectivity index (χ2v) is 3.56. The molecule has 5 heteroatoms. The van der Waals surface area contributed by atoms with Crippen molar-refractivity contribution in [2.24, 2.45) is 4.99 Å². The largest absolute Gasteiger partial charge is 0.396 e. The molecular formula is C11H16N4O. The maximum Gasteiger partial charge on any atom is 0.136 e. The first-order chi connectivity index (χ1) is 7.92.